The Balaban J connectivity index is 1.40. The molecule has 0 unspecified atom stereocenters. The molecule has 2 heterocycles. The minimum atomic E-state index is -3.15. The number of benzene rings is 3. The molecule has 44 heavy (non-hydrogen) atoms. The molecule has 12 heteroatoms. The van der Waals surface area contributed by atoms with Gasteiger partial charge in [0.2, 0.25) is 10.9 Å². The molecule has 230 valence electrons. The Kier molecular flexibility index (Phi) is 7.58. The van der Waals surface area contributed by atoms with E-state index in [1.165, 1.54) is 41.7 Å². The van der Waals surface area contributed by atoms with Gasteiger partial charge in [0.05, 0.1) is 29.0 Å². The van der Waals surface area contributed by atoms with Crippen molar-refractivity contribution >= 4 is 46.0 Å². The number of thiol groups is 1. The van der Waals surface area contributed by atoms with E-state index in [1.54, 1.807) is 24.3 Å². The average Bonchev–Trinajstić information content (AvgIpc) is 3.70. The van der Waals surface area contributed by atoms with Crippen LogP contribution in [0.5, 0.6) is 0 Å². The second kappa shape index (κ2) is 11.0. The molecule has 1 aliphatic heterocycles. The zero-order chi connectivity index (χ0) is 31.6. The number of carbonyl (C=O) groups excluding carboxylic acids is 1. The largest absolute Gasteiger partial charge is 0.497 e. The molecular weight excluding hydrogens is 589 g/mol. The van der Waals surface area contributed by atoms with Gasteiger partial charge in [-0.25, -0.2) is 17.2 Å². The molecule has 2 aliphatic rings. The average molecular weight is 622 g/mol. The van der Waals surface area contributed by atoms with Crippen molar-refractivity contribution in [3.63, 3.8) is 0 Å². The fourth-order valence-electron chi connectivity index (χ4n) is 5.48. The lowest BCUT2D eigenvalue weighted by molar-refractivity contribution is 0.00578. The Hall–Kier alpha value is -3.74. The first-order valence-corrected chi connectivity index (χ1v) is 15.6. The summed E-state index contributed by atoms with van der Waals surface area (Å²) in [6.45, 7) is 7.41. The summed E-state index contributed by atoms with van der Waals surface area (Å²) in [4.78, 5) is 13.0. The molecule has 4 aromatic rings. The molecule has 1 aliphatic carbocycles. The van der Waals surface area contributed by atoms with Crippen LogP contribution in [0.15, 0.2) is 59.0 Å². The standard InChI is InChI=1S/C32H33BF2N2O6S/c1-31(2)32(3,4)43-33(42-31)24-13-6-18(14-25(24)35)17-37(44(39)40)26-16-27-23(15-22(26)19-7-8-19)28(30(38)36-5)29(41-27)20-9-11-21(34)12-10-20/h6,9-16,19,44H,7-8,17H2,1-5H3,(H,36,38). The smallest absolute Gasteiger partial charge is 0.455 e. The van der Waals surface area contributed by atoms with Crippen molar-refractivity contribution < 1.29 is 35.7 Å². The van der Waals surface area contributed by atoms with Crippen LogP contribution in [0.1, 0.15) is 67.9 Å². The normalized spacial score (nSPS) is 17.4. The highest BCUT2D eigenvalue weighted by Crippen LogP contribution is 2.48. The van der Waals surface area contributed by atoms with Crippen LogP contribution in [0.4, 0.5) is 14.5 Å². The SMILES string of the molecule is CNC(=O)c1c(-c2ccc(F)cc2)oc2cc(N(Cc3ccc(B4OC(C)(C)C(C)(C)O4)c(F)c3)[SH](=O)=O)c(C3CC3)cc12. The highest BCUT2D eigenvalue weighted by Gasteiger charge is 2.52. The molecule has 1 amide bonds. The van der Waals surface area contributed by atoms with Crippen LogP contribution in [-0.2, 0) is 26.7 Å². The van der Waals surface area contributed by atoms with Crippen molar-refractivity contribution in [1.82, 2.24) is 5.32 Å². The van der Waals surface area contributed by atoms with E-state index >= 15 is 4.39 Å². The summed E-state index contributed by atoms with van der Waals surface area (Å²) in [7, 11) is -2.54. The van der Waals surface area contributed by atoms with Gasteiger partial charge in [0.25, 0.3) is 5.91 Å². The zero-order valence-electron chi connectivity index (χ0n) is 25.1. The van der Waals surface area contributed by atoms with Crippen LogP contribution in [0.25, 0.3) is 22.3 Å². The number of furan rings is 1. The first-order chi connectivity index (χ1) is 20.8. The van der Waals surface area contributed by atoms with Gasteiger partial charge in [0.1, 0.15) is 23.0 Å². The third kappa shape index (κ3) is 5.39. The van der Waals surface area contributed by atoms with Gasteiger partial charge in [-0.2, -0.15) is 0 Å². The number of hydrogen-bond donors (Lipinski definition) is 2. The first-order valence-electron chi connectivity index (χ1n) is 14.4. The molecule has 1 N–H and O–H groups in total. The lowest BCUT2D eigenvalue weighted by atomic mass is 9.78. The van der Waals surface area contributed by atoms with E-state index < -0.39 is 40.8 Å². The predicted octanol–water partition coefficient (Wildman–Crippen LogP) is 5.45. The van der Waals surface area contributed by atoms with Crippen LogP contribution in [0, 0.1) is 11.6 Å². The minimum absolute atomic E-state index is 0.0936. The lowest BCUT2D eigenvalue weighted by Crippen LogP contribution is -2.41. The second-order valence-corrected chi connectivity index (χ2v) is 13.3. The Morgan fingerprint density at radius 2 is 1.66 bits per heavy atom. The summed E-state index contributed by atoms with van der Waals surface area (Å²) in [5.41, 5.74) is 1.61. The van der Waals surface area contributed by atoms with Gasteiger partial charge >= 0.3 is 7.12 Å². The van der Waals surface area contributed by atoms with Crippen LogP contribution >= 0.6 is 0 Å². The topological polar surface area (TPSA) is 98.1 Å². The molecule has 2 fully saturated rings. The Bertz CT molecular complexity index is 1830. The molecule has 0 spiro atoms. The lowest BCUT2D eigenvalue weighted by Gasteiger charge is -2.32. The molecule has 3 aromatic carbocycles. The summed E-state index contributed by atoms with van der Waals surface area (Å²) in [5.74, 6) is -1.04. The molecular formula is C32H33BF2N2O6S. The van der Waals surface area contributed by atoms with Gasteiger partial charge in [-0.3, -0.25) is 9.10 Å². The highest BCUT2D eigenvalue weighted by molar-refractivity contribution is 7.74. The second-order valence-electron chi connectivity index (χ2n) is 12.3. The number of anilines is 1. The number of carbonyl (C=O) groups is 1. The predicted molar refractivity (Wildman–Crippen MR) is 166 cm³/mol. The fourth-order valence-corrected chi connectivity index (χ4v) is 6.11. The van der Waals surface area contributed by atoms with E-state index in [1.807, 2.05) is 27.7 Å². The van der Waals surface area contributed by atoms with Crippen molar-refractivity contribution in [2.24, 2.45) is 0 Å². The van der Waals surface area contributed by atoms with Gasteiger partial charge in [-0.05, 0) is 94.0 Å². The van der Waals surface area contributed by atoms with Crippen LogP contribution < -0.4 is 15.1 Å². The molecule has 0 atom stereocenters. The van der Waals surface area contributed by atoms with Crippen molar-refractivity contribution in [1.29, 1.82) is 0 Å². The highest BCUT2D eigenvalue weighted by atomic mass is 32.2. The minimum Gasteiger partial charge on any atom is -0.455 e. The van der Waals surface area contributed by atoms with Gasteiger partial charge in [-0.1, -0.05) is 12.1 Å². The van der Waals surface area contributed by atoms with Crippen LogP contribution in [0.2, 0.25) is 0 Å². The summed E-state index contributed by atoms with van der Waals surface area (Å²) in [5, 5.41) is 3.16. The molecule has 1 saturated heterocycles. The van der Waals surface area contributed by atoms with Gasteiger partial charge in [0, 0.05) is 29.5 Å². The molecule has 1 saturated carbocycles. The first kappa shape index (κ1) is 30.3. The van der Waals surface area contributed by atoms with E-state index in [9.17, 15) is 17.6 Å². The third-order valence-electron chi connectivity index (χ3n) is 8.79. The molecule has 0 radical (unpaired) electrons. The monoisotopic (exact) mass is 622 g/mol. The maximum absolute atomic E-state index is 15.4. The summed E-state index contributed by atoms with van der Waals surface area (Å²) >= 11 is 0. The summed E-state index contributed by atoms with van der Waals surface area (Å²) < 4.78 is 73.9. The van der Waals surface area contributed by atoms with Gasteiger partial charge < -0.3 is 19.0 Å². The van der Waals surface area contributed by atoms with E-state index in [0.29, 0.717) is 27.8 Å². The van der Waals surface area contributed by atoms with Crippen molar-refractivity contribution in [3.8, 4) is 11.3 Å². The number of hydrogen-bond acceptors (Lipinski definition) is 6. The molecule has 8 nitrogen and oxygen atoms in total. The fraction of sp³-hybridized carbons (Fsp3) is 0.344. The maximum Gasteiger partial charge on any atom is 0.497 e. The molecule has 6 rings (SSSR count). The Morgan fingerprint density at radius 3 is 2.23 bits per heavy atom. The van der Waals surface area contributed by atoms with Crippen molar-refractivity contribution in [2.75, 3.05) is 11.4 Å². The Morgan fingerprint density at radius 1 is 1.00 bits per heavy atom. The maximum atomic E-state index is 15.4. The van der Waals surface area contributed by atoms with Crippen molar-refractivity contribution in [3.05, 3.63) is 82.9 Å². The number of nitrogens with one attached hydrogen (secondary N) is 1. The number of nitrogens with zero attached hydrogens (tertiary/aromatic N) is 1. The third-order valence-corrected chi connectivity index (χ3v) is 9.55. The Labute approximate surface area is 256 Å². The van der Waals surface area contributed by atoms with E-state index in [4.69, 9.17) is 13.7 Å². The number of amides is 1. The summed E-state index contributed by atoms with van der Waals surface area (Å²) in [6, 6.07) is 13.5. The van der Waals surface area contributed by atoms with Gasteiger partial charge in [-0.15, -0.1) is 0 Å². The quantitative estimate of drug-likeness (QED) is 0.201. The number of rotatable bonds is 8. The van der Waals surface area contributed by atoms with E-state index in [2.05, 4.69) is 5.32 Å². The molecule has 0 bridgehead atoms. The summed E-state index contributed by atoms with van der Waals surface area (Å²) in [6.07, 6.45) is 1.72. The van der Waals surface area contributed by atoms with E-state index in [-0.39, 0.29) is 35.2 Å². The van der Waals surface area contributed by atoms with E-state index in [0.717, 1.165) is 18.4 Å². The van der Waals surface area contributed by atoms with Crippen molar-refractivity contribution in [2.45, 2.75) is 64.2 Å². The van der Waals surface area contributed by atoms with Gasteiger partial charge in [0.15, 0.2) is 0 Å². The number of halogens is 2. The number of fused-ring (bicyclic) bond motifs is 1. The molecule has 1 aromatic heterocycles. The zero-order valence-corrected chi connectivity index (χ0v) is 26.0. The van der Waals surface area contributed by atoms with Crippen LogP contribution in [0.3, 0.4) is 0 Å². The van der Waals surface area contributed by atoms with Crippen LogP contribution in [-0.4, -0.2) is 39.7 Å².